The molecule has 0 aromatic rings. The van der Waals surface area contributed by atoms with Crippen LogP contribution in [0, 0.1) is 0 Å². The quantitative estimate of drug-likeness (QED) is 0.491. The van der Waals surface area contributed by atoms with Gasteiger partial charge in [0, 0.05) is 5.57 Å². The van der Waals surface area contributed by atoms with Crippen molar-refractivity contribution < 1.29 is 9.53 Å². The van der Waals surface area contributed by atoms with Gasteiger partial charge in [0.25, 0.3) is 0 Å². The van der Waals surface area contributed by atoms with Gasteiger partial charge in [-0.25, -0.2) is 4.79 Å². The SMILES string of the molecule is C=C=C(/C=C\C)COC(N)=O. The number of ether oxygens (including phenoxy) is 1. The molecule has 0 spiro atoms. The normalized spacial score (nSPS) is 9.18. The number of allylic oxidation sites excluding steroid dienone is 1. The van der Waals surface area contributed by atoms with Crippen molar-refractivity contribution in [2.24, 2.45) is 5.73 Å². The Bertz CT molecular complexity index is 212. The lowest BCUT2D eigenvalue weighted by Crippen LogP contribution is -2.14. The van der Waals surface area contributed by atoms with Crippen LogP contribution < -0.4 is 5.73 Å². The summed E-state index contributed by atoms with van der Waals surface area (Å²) in [6.07, 6.45) is 2.76. The maximum absolute atomic E-state index is 10.1. The van der Waals surface area contributed by atoms with E-state index in [2.05, 4.69) is 17.0 Å². The summed E-state index contributed by atoms with van der Waals surface area (Å²) in [6.45, 7) is 5.39. The van der Waals surface area contributed by atoms with E-state index in [4.69, 9.17) is 5.73 Å². The maximum atomic E-state index is 10.1. The van der Waals surface area contributed by atoms with E-state index in [1.807, 2.05) is 6.92 Å². The zero-order valence-corrected chi connectivity index (χ0v) is 6.46. The van der Waals surface area contributed by atoms with Crippen molar-refractivity contribution in [3.8, 4) is 0 Å². The van der Waals surface area contributed by atoms with Crippen molar-refractivity contribution in [2.75, 3.05) is 6.61 Å². The molecule has 0 aliphatic carbocycles. The van der Waals surface area contributed by atoms with Gasteiger partial charge < -0.3 is 10.5 Å². The van der Waals surface area contributed by atoms with E-state index in [-0.39, 0.29) is 6.61 Å². The molecule has 0 saturated carbocycles. The molecule has 0 unspecified atom stereocenters. The zero-order chi connectivity index (χ0) is 8.69. The summed E-state index contributed by atoms with van der Waals surface area (Å²) in [5, 5.41) is 0. The predicted molar refractivity (Wildman–Crippen MR) is 43.0 cm³/mol. The van der Waals surface area contributed by atoms with Gasteiger partial charge in [-0.1, -0.05) is 18.7 Å². The molecule has 0 rings (SSSR count). The van der Waals surface area contributed by atoms with Crippen molar-refractivity contribution in [1.29, 1.82) is 0 Å². The van der Waals surface area contributed by atoms with Crippen LogP contribution in [0.5, 0.6) is 0 Å². The highest BCUT2D eigenvalue weighted by Crippen LogP contribution is 1.94. The van der Waals surface area contributed by atoms with E-state index < -0.39 is 6.09 Å². The molecule has 1 amide bonds. The molecule has 3 nitrogen and oxygen atoms in total. The van der Waals surface area contributed by atoms with Gasteiger partial charge in [-0.3, -0.25) is 0 Å². The smallest absolute Gasteiger partial charge is 0.404 e. The van der Waals surface area contributed by atoms with E-state index >= 15 is 0 Å². The van der Waals surface area contributed by atoms with Crippen LogP contribution in [0.25, 0.3) is 0 Å². The largest absolute Gasteiger partial charge is 0.444 e. The first-order valence-corrected chi connectivity index (χ1v) is 3.14. The van der Waals surface area contributed by atoms with Crippen LogP contribution in [0.3, 0.4) is 0 Å². The van der Waals surface area contributed by atoms with Crippen LogP contribution >= 0.6 is 0 Å². The van der Waals surface area contributed by atoms with Gasteiger partial charge in [0.1, 0.15) is 6.61 Å². The van der Waals surface area contributed by atoms with Crippen LogP contribution in [0.1, 0.15) is 6.92 Å². The van der Waals surface area contributed by atoms with Gasteiger partial charge in [0.2, 0.25) is 0 Å². The minimum Gasteiger partial charge on any atom is -0.444 e. The second-order valence-electron chi connectivity index (χ2n) is 1.81. The van der Waals surface area contributed by atoms with Gasteiger partial charge in [-0.15, -0.1) is 5.73 Å². The lowest BCUT2D eigenvalue weighted by molar-refractivity contribution is 0.167. The van der Waals surface area contributed by atoms with Crippen molar-refractivity contribution in [3.05, 3.63) is 30.0 Å². The summed E-state index contributed by atoms with van der Waals surface area (Å²) in [6, 6.07) is 0. The van der Waals surface area contributed by atoms with E-state index in [1.54, 1.807) is 12.2 Å². The molecule has 0 aliphatic heterocycles. The fourth-order valence-corrected chi connectivity index (χ4v) is 0.508. The molecule has 3 heteroatoms. The molecule has 2 N–H and O–H groups in total. The fourth-order valence-electron chi connectivity index (χ4n) is 0.508. The maximum Gasteiger partial charge on any atom is 0.404 e. The van der Waals surface area contributed by atoms with Gasteiger partial charge in [0.15, 0.2) is 0 Å². The molecule has 0 fully saturated rings. The van der Waals surface area contributed by atoms with Gasteiger partial charge >= 0.3 is 6.09 Å². The molecule has 0 radical (unpaired) electrons. The minimum absolute atomic E-state index is 0.128. The Balaban J connectivity index is 3.91. The number of carbonyl (C=O) groups is 1. The number of hydrogen-bond acceptors (Lipinski definition) is 2. The Labute approximate surface area is 65.8 Å². The molecule has 0 aliphatic rings. The average molecular weight is 153 g/mol. The Kier molecular flexibility index (Phi) is 4.61. The van der Waals surface area contributed by atoms with Crippen LogP contribution in [-0.4, -0.2) is 12.7 Å². The molecular weight excluding hydrogens is 142 g/mol. The highest BCUT2D eigenvalue weighted by atomic mass is 16.5. The van der Waals surface area contributed by atoms with Gasteiger partial charge in [-0.2, -0.15) is 0 Å². The first-order valence-electron chi connectivity index (χ1n) is 3.14. The third kappa shape index (κ3) is 5.00. The summed E-state index contributed by atoms with van der Waals surface area (Å²) < 4.78 is 4.50. The summed E-state index contributed by atoms with van der Waals surface area (Å²) in [5.74, 6) is 0. The molecule has 0 atom stereocenters. The van der Waals surface area contributed by atoms with Crippen LogP contribution in [-0.2, 0) is 4.74 Å². The minimum atomic E-state index is -0.790. The first-order chi connectivity index (χ1) is 5.20. The van der Waals surface area contributed by atoms with Crippen LogP contribution in [0.2, 0.25) is 0 Å². The van der Waals surface area contributed by atoms with Crippen molar-refractivity contribution in [3.63, 3.8) is 0 Å². The Hall–Kier alpha value is -1.47. The monoisotopic (exact) mass is 153 g/mol. The lowest BCUT2D eigenvalue weighted by atomic mass is 10.3. The Morgan fingerprint density at radius 1 is 1.82 bits per heavy atom. The summed E-state index contributed by atoms with van der Waals surface area (Å²) in [4.78, 5) is 10.1. The second-order valence-corrected chi connectivity index (χ2v) is 1.81. The van der Waals surface area contributed by atoms with E-state index in [9.17, 15) is 4.79 Å². The first kappa shape index (κ1) is 9.53. The van der Waals surface area contributed by atoms with E-state index in [1.165, 1.54) is 0 Å². The molecule has 60 valence electrons. The second kappa shape index (κ2) is 5.33. The van der Waals surface area contributed by atoms with Crippen molar-refractivity contribution in [2.45, 2.75) is 6.92 Å². The number of hydrogen-bond donors (Lipinski definition) is 1. The number of carbonyl (C=O) groups excluding carboxylic acids is 1. The average Bonchev–Trinajstić information content (AvgIpc) is 1.97. The van der Waals surface area contributed by atoms with Crippen LogP contribution in [0.4, 0.5) is 4.79 Å². The van der Waals surface area contributed by atoms with Gasteiger partial charge in [-0.05, 0) is 6.92 Å². The zero-order valence-electron chi connectivity index (χ0n) is 6.46. The fraction of sp³-hybridized carbons (Fsp3) is 0.250. The topological polar surface area (TPSA) is 52.3 Å². The molecule has 0 aromatic carbocycles. The summed E-state index contributed by atoms with van der Waals surface area (Å²) in [7, 11) is 0. The molecular formula is C8H11NO2. The van der Waals surface area contributed by atoms with E-state index in [0.717, 1.165) is 0 Å². The summed E-state index contributed by atoms with van der Waals surface area (Å²) in [5.41, 5.74) is 8.05. The number of amides is 1. The third-order valence-electron chi connectivity index (χ3n) is 0.965. The molecule has 0 aromatic heterocycles. The molecule has 0 saturated heterocycles. The molecule has 0 heterocycles. The predicted octanol–water partition coefficient (Wildman–Crippen LogP) is 1.37. The van der Waals surface area contributed by atoms with Crippen molar-refractivity contribution in [1.82, 2.24) is 0 Å². The van der Waals surface area contributed by atoms with Crippen molar-refractivity contribution >= 4 is 6.09 Å². The Morgan fingerprint density at radius 2 is 2.45 bits per heavy atom. The molecule has 11 heavy (non-hydrogen) atoms. The van der Waals surface area contributed by atoms with Gasteiger partial charge in [0.05, 0.1) is 0 Å². The lowest BCUT2D eigenvalue weighted by Gasteiger charge is -1.98. The van der Waals surface area contributed by atoms with E-state index in [0.29, 0.717) is 5.57 Å². The summed E-state index contributed by atoms with van der Waals surface area (Å²) >= 11 is 0. The highest BCUT2D eigenvalue weighted by molar-refractivity contribution is 5.64. The standard InChI is InChI=1S/C8H11NO2/c1-3-5-7(4-2)6-11-8(9)10/h3,5H,2,6H2,1H3,(H2,9,10)/b5-3-. The Morgan fingerprint density at radius 3 is 2.82 bits per heavy atom. The molecule has 0 bridgehead atoms. The van der Waals surface area contributed by atoms with Crippen LogP contribution in [0.15, 0.2) is 30.0 Å². The number of nitrogens with two attached hydrogens (primary N) is 1. The highest BCUT2D eigenvalue weighted by Gasteiger charge is 1.94. The third-order valence-corrected chi connectivity index (χ3v) is 0.965. The number of rotatable bonds is 3. The number of primary amides is 1.